The zero-order chi connectivity index (χ0) is 23.9. The van der Waals surface area contributed by atoms with Gasteiger partial charge in [-0.15, -0.1) is 0 Å². The molecule has 0 atom stereocenters. The lowest BCUT2D eigenvalue weighted by molar-refractivity contribution is -0.0328. The van der Waals surface area contributed by atoms with Crippen LogP contribution in [0.5, 0.6) is 0 Å². The predicted octanol–water partition coefficient (Wildman–Crippen LogP) is 5.01. The number of hydrogen-bond donors (Lipinski definition) is 1. The molecule has 0 radical (unpaired) electrons. The molecule has 3 amide bonds. The molecular formula is C19H16F6N2O4S. The van der Waals surface area contributed by atoms with E-state index < -0.39 is 69.5 Å². The second kappa shape index (κ2) is 11.2. The number of hydrogen-bond acceptors (Lipinski definition) is 5. The van der Waals surface area contributed by atoms with E-state index in [4.69, 9.17) is 9.47 Å². The molecule has 0 aliphatic carbocycles. The van der Waals surface area contributed by atoms with E-state index >= 15 is 0 Å². The van der Waals surface area contributed by atoms with Gasteiger partial charge in [0.05, 0.1) is 24.5 Å². The van der Waals surface area contributed by atoms with Crippen LogP contribution in [0.25, 0.3) is 0 Å². The first-order valence-electron chi connectivity index (χ1n) is 8.72. The van der Waals surface area contributed by atoms with E-state index in [0.717, 1.165) is 30.3 Å². The Bertz CT molecular complexity index is 973. The van der Waals surface area contributed by atoms with Gasteiger partial charge in [-0.05, 0) is 42.1 Å². The van der Waals surface area contributed by atoms with Gasteiger partial charge in [0.1, 0.15) is 12.5 Å². The lowest BCUT2D eigenvalue weighted by Crippen LogP contribution is -2.42. The number of rotatable bonds is 8. The quantitative estimate of drug-likeness (QED) is 0.248. The van der Waals surface area contributed by atoms with Gasteiger partial charge in [-0.25, -0.2) is 22.9 Å². The smallest absolute Gasteiger partial charge is 0.382 e. The Balaban J connectivity index is 2.24. The highest BCUT2D eigenvalue weighted by molar-refractivity contribution is 8.00. The third-order valence-electron chi connectivity index (χ3n) is 3.74. The van der Waals surface area contributed by atoms with E-state index in [1.54, 1.807) is 0 Å². The van der Waals surface area contributed by atoms with Crippen LogP contribution in [0.1, 0.15) is 10.4 Å². The fourth-order valence-electron chi connectivity index (χ4n) is 2.30. The van der Waals surface area contributed by atoms with Crippen molar-refractivity contribution in [1.82, 2.24) is 4.90 Å². The number of carbonyl (C=O) groups is 2. The summed E-state index contributed by atoms with van der Waals surface area (Å²) >= 11 is -0.557. The van der Waals surface area contributed by atoms with E-state index in [0.29, 0.717) is 11.0 Å². The number of methoxy groups -OCH3 is 1. The highest BCUT2D eigenvalue weighted by Gasteiger charge is 2.30. The highest BCUT2D eigenvalue weighted by Crippen LogP contribution is 2.37. The van der Waals surface area contributed by atoms with Crippen LogP contribution in [0.4, 0.5) is 36.8 Å². The van der Waals surface area contributed by atoms with Crippen molar-refractivity contribution in [3.05, 3.63) is 59.4 Å². The number of nitrogens with zero attached hydrogens (tertiary/aromatic N) is 1. The van der Waals surface area contributed by atoms with Crippen molar-refractivity contribution in [1.29, 1.82) is 0 Å². The van der Waals surface area contributed by atoms with Gasteiger partial charge in [0.15, 0.2) is 11.6 Å². The molecule has 0 saturated heterocycles. The minimum atomic E-state index is -4.64. The van der Waals surface area contributed by atoms with Crippen molar-refractivity contribution < 1.29 is 45.4 Å². The molecule has 13 heteroatoms. The van der Waals surface area contributed by atoms with Crippen LogP contribution in [0.15, 0.2) is 41.3 Å². The Morgan fingerprint density at radius 3 is 2.41 bits per heavy atom. The molecule has 0 aliphatic rings. The highest BCUT2D eigenvalue weighted by atomic mass is 32.2. The molecule has 2 rings (SSSR count). The molecule has 0 heterocycles. The van der Waals surface area contributed by atoms with Crippen LogP contribution in [0.2, 0.25) is 0 Å². The Kier molecular flexibility index (Phi) is 8.92. The van der Waals surface area contributed by atoms with Crippen LogP contribution >= 0.6 is 11.8 Å². The summed E-state index contributed by atoms with van der Waals surface area (Å²) < 4.78 is 88.8. The molecule has 0 bridgehead atoms. The molecule has 0 aliphatic heterocycles. The third kappa shape index (κ3) is 7.14. The molecule has 174 valence electrons. The number of carbonyl (C=O) groups excluding carboxylic acids is 2. The molecule has 0 saturated carbocycles. The van der Waals surface area contributed by atoms with Gasteiger partial charge < -0.3 is 14.8 Å². The lowest BCUT2D eigenvalue weighted by Gasteiger charge is -2.22. The zero-order valence-electron chi connectivity index (χ0n) is 16.3. The molecular weight excluding hydrogens is 466 g/mol. The van der Waals surface area contributed by atoms with Gasteiger partial charge in [0, 0.05) is 12.0 Å². The molecule has 2 aromatic carbocycles. The first kappa shape index (κ1) is 25.5. The van der Waals surface area contributed by atoms with Gasteiger partial charge in [-0.2, -0.15) is 13.2 Å². The average molecular weight is 482 g/mol. The Morgan fingerprint density at radius 1 is 1.06 bits per heavy atom. The average Bonchev–Trinajstić information content (AvgIpc) is 2.70. The maximum Gasteiger partial charge on any atom is 0.446 e. The first-order valence-corrected chi connectivity index (χ1v) is 9.54. The number of imide groups is 1. The molecule has 0 spiro atoms. The fraction of sp³-hybridized carbons (Fsp3) is 0.263. The summed E-state index contributed by atoms with van der Waals surface area (Å²) in [6.45, 7) is -0.713. The van der Waals surface area contributed by atoms with E-state index in [2.05, 4.69) is 0 Å². The van der Waals surface area contributed by atoms with Crippen LogP contribution in [0, 0.1) is 17.5 Å². The number of urea groups is 1. The summed E-state index contributed by atoms with van der Waals surface area (Å²) in [4.78, 5) is 25.1. The van der Waals surface area contributed by atoms with Crippen molar-refractivity contribution >= 4 is 29.4 Å². The van der Waals surface area contributed by atoms with E-state index in [9.17, 15) is 35.9 Å². The van der Waals surface area contributed by atoms with E-state index in [-0.39, 0.29) is 13.2 Å². The van der Waals surface area contributed by atoms with Gasteiger partial charge in [0.25, 0.3) is 5.91 Å². The third-order valence-corrected chi connectivity index (χ3v) is 4.46. The van der Waals surface area contributed by atoms with Crippen molar-refractivity contribution in [2.45, 2.75) is 10.4 Å². The maximum atomic E-state index is 14.2. The van der Waals surface area contributed by atoms with Crippen LogP contribution in [-0.4, -0.2) is 49.4 Å². The second-order valence-corrected chi connectivity index (χ2v) is 7.12. The molecule has 0 unspecified atom stereocenters. The first-order chi connectivity index (χ1) is 15.0. The van der Waals surface area contributed by atoms with Crippen molar-refractivity contribution in [3.8, 4) is 0 Å². The minimum Gasteiger partial charge on any atom is -0.382 e. The summed E-state index contributed by atoms with van der Waals surface area (Å²) in [7, 11) is 1.37. The SMILES string of the molecule is COCCOCN(C(=O)Nc1ccc(SC(F)(F)F)cc1F)C(=O)c1cccc(F)c1F. The topological polar surface area (TPSA) is 67.9 Å². The van der Waals surface area contributed by atoms with Crippen LogP contribution < -0.4 is 5.32 Å². The molecule has 0 aromatic heterocycles. The monoisotopic (exact) mass is 482 g/mol. The summed E-state index contributed by atoms with van der Waals surface area (Å²) in [5, 5.41) is 2.00. The summed E-state index contributed by atoms with van der Waals surface area (Å²) in [5.41, 5.74) is -5.97. The Morgan fingerprint density at radius 2 is 1.78 bits per heavy atom. The van der Waals surface area contributed by atoms with Crippen molar-refractivity contribution in [2.75, 3.05) is 32.4 Å². The van der Waals surface area contributed by atoms with Gasteiger partial charge >= 0.3 is 11.5 Å². The maximum absolute atomic E-state index is 14.2. The van der Waals surface area contributed by atoms with Crippen LogP contribution in [-0.2, 0) is 9.47 Å². The summed E-state index contributed by atoms with van der Waals surface area (Å²) in [6.07, 6.45) is 0. The fourth-order valence-corrected chi connectivity index (χ4v) is 2.86. The zero-order valence-corrected chi connectivity index (χ0v) is 17.2. The van der Waals surface area contributed by atoms with Gasteiger partial charge in [-0.1, -0.05) is 6.07 Å². The number of anilines is 1. The number of alkyl halides is 3. The minimum absolute atomic E-state index is 0.0725. The summed E-state index contributed by atoms with van der Waals surface area (Å²) in [6, 6.07) is 3.77. The molecule has 2 aromatic rings. The Labute approximate surface area is 182 Å². The number of amides is 3. The van der Waals surface area contributed by atoms with Gasteiger partial charge in [0.2, 0.25) is 0 Å². The Hall–Kier alpha value is -2.77. The standard InChI is InChI=1S/C19H16F6N2O4S/c1-30-7-8-31-10-27(17(28)12-3-2-4-13(20)16(12)22)18(29)26-15-6-5-11(9-14(15)21)32-19(23,24)25/h2-6,9H,7-8,10H2,1H3,(H,26,29). The molecule has 0 fully saturated rings. The molecule has 1 N–H and O–H groups in total. The summed E-state index contributed by atoms with van der Waals surface area (Å²) in [5.74, 6) is -5.34. The number of ether oxygens (including phenoxy) is 2. The van der Waals surface area contributed by atoms with Crippen LogP contribution in [0.3, 0.4) is 0 Å². The van der Waals surface area contributed by atoms with E-state index in [1.807, 2.05) is 5.32 Å². The normalized spacial score (nSPS) is 11.3. The van der Waals surface area contributed by atoms with Gasteiger partial charge in [-0.3, -0.25) is 4.79 Å². The largest absolute Gasteiger partial charge is 0.446 e. The number of thioether (sulfide) groups is 1. The van der Waals surface area contributed by atoms with E-state index in [1.165, 1.54) is 7.11 Å². The predicted molar refractivity (Wildman–Crippen MR) is 103 cm³/mol. The molecule has 32 heavy (non-hydrogen) atoms. The number of benzene rings is 2. The number of nitrogens with one attached hydrogen (secondary N) is 1. The number of halogens is 6. The second-order valence-electron chi connectivity index (χ2n) is 5.98. The van der Waals surface area contributed by atoms with Crippen molar-refractivity contribution in [2.24, 2.45) is 0 Å². The molecule has 6 nitrogen and oxygen atoms in total. The van der Waals surface area contributed by atoms with Crippen molar-refractivity contribution in [3.63, 3.8) is 0 Å². The lowest BCUT2D eigenvalue weighted by atomic mass is 10.2.